The van der Waals surface area contributed by atoms with Crippen LogP contribution in [0.3, 0.4) is 0 Å². The topological polar surface area (TPSA) is 91.3 Å². The van der Waals surface area contributed by atoms with Gasteiger partial charge in [-0.05, 0) is 54.8 Å². The summed E-state index contributed by atoms with van der Waals surface area (Å²) in [6.45, 7) is 4.00. The van der Waals surface area contributed by atoms with E-state index in [0.29, 0.717) is 31.6 Å². The number of amides is 2. The van der Waals surface area contributed by atoms with Crippen LogP contribution in [0.1, 0.15) is 25.3 Å². The Morgan fingerprint density at radius 1 is 1.16 bits per heavy atom. The third-order valence-corrected chi connectivity index (χ3v) is 6.15. The molecule has 8 nitrogen and oxygen atoms in total. The summed E-state index contributed by atoms with van der Waals surface area (Å²) in [5, 5.41) is 13.8. The minimum atomic E-state index is -0.850. The average molecular weight is 440 g/mol. The van der Waals surface area contributed by atoms with E-state index in [2.05, 4.69) is 10.2 Å². The molecule has 8 heteroatoms. The summed E-state index contributed by atoms with van der Waals surface area (Å²) in [6, 6.07) is 14.7. The van der Waals surface area contributed by atoms with Crippen molar-refractivity contribution in [1.82, 2.24) is 4.90 Å². The number of hydrogen-bond donors (Lipinski definition) is 2. The van der Waals surface area contributed by atoms with Crippen molar-refractivity contribution in [2.24, 2.45) is 0 Å². The average Bonchev–Trinajstić information content (AvgIpc) is 3.15. The molecule has 2 amide bonds. The Morgan fingerprint density at radius 3 is 2.41 bits per heavy atom. The van der Waals surface area contributed by atoms with Gasteiger partial charge in [0.2, 0.25) is 5.91 Å². The van der Waals surface area contributed by atoms with Gasteiger partial charge in [-0.3, -0.25) is 14.6 Å². The van der Waals surface area contributed by atoms with Gasteiger partial charge in [-0.25, -0.2) is 4.79 Å². The number of nitrogens with zero attached hydrogens (tertiary/aromatic N) is 2. The summed E-state index contributed by atoms with van der Waals surface area (Å²) < 4.78 is 10.8. The van der Waals surface area contributed by atoms with E-state index < -0.39 is 5.60 Å². The Bertz CT molecular complexity index is 953. The molecule has 2 saturated heterocycles. The maximum absolute atomic E-state index is 12.4. The SMILES string of the molecule is COc1ccc(C2(O)CCN(CC3CN(c4ccc(NC(C)=O)cc4)C(=O)O3)CC2)cc1. The van der Waals surface area contributed by atoms with Crippen molar-refractivity contribution in [2.75, 3.05) is 43.5 Å². The molecular formula is C24H29N3O5. The van der Waals surface area contributed by atoms with Crippen molar-refractivity contribution >= 4 is 23.4 Å². The summed E-state index contributed by atoms with van der Waals surface area (Å²) >= 11 is 0. The standard InChI is InChI=1S/C24H29N3O5/c1-17(28)25-19-5-7-20(8-6-19)27-16-22(32-23(27)29)15-26-13-11-24(30,12-14-26)18-3-9-21(31-2)10-4-18/h3-10,22,30H,11-16H2,1-2H3,(H,25,28). The lowest BCUT2D eigenvalue weighted by molar-refractivity contribution is -0.114. The van der Waals surface area contributed by atoms with Crippen LogP contribution in [-0.2, 0) is 15.1 Å². The first-order valence-corrected chi connectivity index (χ1v) is 10.8. The molecule has 2 aliphatic heterocycles. The lowest BCUT2D eigenvalue weighted by Gasteiger charge is -2.39. The largest absolute Gasteiger partial charge is 0.497 e. The van der Waals surface area contributed by atoms with Crippen molar-refractivity contribution < 1.29 is 24.2 Å². The number of methoxy groups -OCH3 is 1. The van der Waals surface area contributed by atoms with Crippen LogP contribution in [0.15, 0.2) is 48.5 Å². The second kappa shape index (κ2) is 9.18. The van der Waals surface area contributed by atoms with Gasteiger partial charge in [-0.15, -0.1) is 0 Å². The Kier molecular flexibility index (Phi) is 6.34. The number of cyclic esters (lactones) is 1. The minimum absolute atomic E-state index is 0.140. The van der Waals surface area contributed by atoms with Crippen LogP contribution in [0.4, 0.5) is 16.2 Å². The van der Waals surface area contributed by atoms with Gasteiger partial charge in [0.25, 0.3) is 0 Å². The second-order valence-corrected chi connectivity index (χ2v) is 8.41. The van der Waals surface area contributed by atoms with E-state index in [4.69, 9.17) is 9.47 Å². The summed E-state index contributed by atoms with van der Waals surface area (Å²) in [5.41, 5.74) is 1.47. The highest BCUT2D eigenvalue weighted by Gasteiger charge is 2.37. The summed E-state index contributed by atoms with van der Waals surface area (Å²) in [5.74, 6) is 0.631. The first-order chi connectivity index (χ1) is 15.4. The fourth-order valence-electron chi connectivity index (χ4n) is 4.34. The monoisotopic (exact) mass is 439 g/mol. The molecule has 32 heavy (non-hydrogen) atoms. The number of anilines is 2. The second-order valence-electron chi connectivity index (χ2n) is 8.41. The van der Waals surface area contributed by atoms with Crippen LogP contribution < -0.4 is 15.0 Å². The van der Waals surface area contributed by atoms with Crippen LogP contribution >= 0.6 is 0 Å². The number of likely N-dealkylation sites (tertiary alicyclic amines) is 1. The molecule has 0 spiro atoms. The molecule has 2 N–H and O–H groups in total. The van der Waals surface area contributed by atoms with Crippen LogP contribution in [-0.4, -0.2) is 61.4 Å². The predicted octanol–water partition coefficient (Wildman–Crippen LogP) is 2.96. The highest BCUT2D eigenvalue weighted by molar-refractivity contribution is 5.91. The fourth-order valence-corrected chi connectivity index (χ4v) is 4.34. The van der Waals surface area contributed by atoms with E-state index >= 15 is 0 Å². The molecule has 2 aromatic rings. The molecule has 0 aromatic heterocycles. The van der Waals surface area contributed by atoms with Gasteiger partial charge < -0.3 is 19.9 Å². The normalized spacial score (nSPS) is 20.7. The van der Waals surface area contributed by atoms with E-state index in [9.17, 15) is 14.7 Å². The molecule has 4 rings (SSSR count). The molecule has 2 aliphatic rings. The van der Waals surface area contributed by atoms with E-state index in [1.165, 1.54) is 6.92 Å². The van der Waals surface area contributed by atoms with Crippen molar-refractivity contribution in [1.29, 1.82) is 0 Å². The Morgan fingerprint density at radius 2 is 1.81 bits per heavy atom. The Balaban J connectivity index is 1.31. The van der Waals surface area contributed by atoms with Gasteiger partial charge in [-0.2, -0.15) is 0 Å². The van der Waals surface area contributed by atoms with Crippen LogP contribution in [0.25, 0.3) is 0 Å². The number of carbonyl (C=O) groups excluding carboxylic acids is 2. The van der Waals surface area contributed by atoms with E-state index in [1.54, 1.807) is 36.3 Å². The number of aliphatic hydroxyl groups is 1. The van der Waals surface area contributed by atoms with Gasteiger partial charge in [0, 0.05) is 37.9 Å². The van der Waals surface area contributed by atoms with Crippen LogP contribution in [0, 0.1) is 0 Å². The third kappa shape index (κ3) is 4.87. The maximum atomic E-state index is 12.4. The fraction of sp³-hybridized carbons (Fsp3) is 0.417. The number of carbonyl (C=O) groups is 2. The quantitative estimate of drug-likeness (QED) is 0.719. The lowest BCUT2D eigenvalue weighted by Crippen LogP contribution is -2.45. The van der Waals surface area contributed by atoms with Gasteiger partial charge in [-0.1, -0.05) is 12.1 Å². The number of ether oxygens (including phenoxy) is 2. The van der Waals surface area contributed by atoms with Gasteiger partial charge in [0.15, 0.2) is 0 Å². The number of piperidine rings is 1. The van der Waals surface area contributed by atoms with Gasteiger partial charge in [0.1, 0.15) is 11.9 Å². The molecule has 170 valence electrons. The van der Waals surface area contributed by atoms with E-state index in [0.717, 1.165) is 30.1 Å². The van der Waals surface area contributed by atoms with Crippen LogP contribution in [0.5, 0.6) is 5.75 Å². The van der Waals surface area contributed by atoms with Crippen LogP contribution in [0.2, 0.25) is 0 Å². The predicted molar refractivity (Wildman–Crippen MR) is 121 cm³/mol. The number of rotatable bonds is 6. The molecule has 0 radical (unpaired) electrons. The van der Waals surface area contributed by atoms with Gasteiger partial charge >= 0.3 is 6.09 Å². The summed E-state index contributed by atoms with van der Waals surface area (Å²) in [6.07, 6.45) is 0.640. The van der Waals surface area contributed by atoms with E-state index in [-0.39, 0.29) is 18.1 Å². The summed E-state index contributed by atoms with van der Waals surface area (Å²) in [7, 11) is 1.63. The zero-order valence-electron chi connectivity index (χ0n) is 18.4. The van der Waals surface area contributed by atoms with Crippen molar-refractivity contribution in [3.05, 3.63) is 54.1 Å². The highest BCUT2D eigenvalue weighted by Crippen LogP contribution is 2.34. The smallest absolute Gasteiger partial charge is 0.414 e. The van der Waals surface area contributed by atoms with Gasteiger partial charge in [0.05, 0.1) is 19.3 Å². The number of benzene rings is 2. The first kappa shape index (κ1) is 22.1. The molecule has 1 atom stereocenters. The van der Waals surface area contributed by atoms with Crippen molar-refractivity contribution in [3.8, 4) is 5.75 Å². The molecule has 2 aromatic carbocycles. The molecule has 0 bridgehead atoms. The zero-order chi connectivity index (χ0) is 22.7. The number of hydrogen-bond acceptors (Lipinski definition) is 6. The minimum Gasteiger partial charge on any atom is -0.497 e. The zero-order valence-corrected chi connectivity index (χ0v) is 18.4. The molecular weight excluding hydrogens is 410 g/mol. The molecule has 2 fully saturated rings. The molecule has 0 saturated carbocycles. The molecule has 1 unspecified atom stereocenters. The van der Waals surface area contributed by atoms with E-state index in [1.807, 2.05) is 24.3 Å². The maximum Gasteiger partial charge on any atom is 0.414 e. The highest BCUT2D eigenvalue weighted by atomic mass is 16.6. The Hall–Kier alpha value is -3.10. The number of nitrogens with one attached hydrogen (secondary N) is 1. The molecule has 0 aliphatic carbocycles. The van der Waals surface area contributed by atoms with Crippen molar-refractivity contribution in [3.63, 3.8) is 0 Å². The Labute approximate surface area is 187 Å². The molecule has 2 heterocycles. The first-order valence-electron chi connectivity index (χ1n) is 10.8. The lowest BCUT2D eigenvalue weighted by atomic mass is 9.84. The summed E-state index contributed by atoms with van der Waals surface area (Å²) in [4.78, 5) is 27.4. The van der Waals surface area contributed by atoms with Crippen molar-refractivity contribution in [2.45, 2.75) is 31.5 Å². The third-order valence-electron chi connectivity index (χ3n) is 6.15.